The first-order chi connectivity index (χ1) is 13.7. The standard InChI is InChI=1S/C18H24N6O4S/c1-11(2)9-23-16(7-6-15(19)25)21-22-18(23)29-10-17(26)20-14-5-4-13(24(27)28)8-12(14)3/h4-5,8,11H,6-7,9-10H2,1-3H3,(H2,19,25)(H,20,26). The molecular weight excluding hydrogens is 396 g/mol. The van der Waals surface area contributed by atoms with Crippen LogP contribution in [0.15, 0.2) is 23.4 Å². The third kappa shape index (κ3) is 6.56. The molecule has 0 bridgehead atoms. The van der Waals surface area contributed by atoms with Crippen molar-refractivity contribution in [3.63, 3.8) is 0 Å². The van der Waals surface area contributed by atoms with Crippen molar-refractivity contribution in [2.75, 3.05) is 11.1 Å². The Balaban J connectivity index is 2.04. The molecule has 0 aliphatic carbocycles. The van der Waals surface area contributed by atoms with Crippen molar-refractivity contribution in [3.05, 3.63) is 39.7 Å². The number of amides is 2. The lowest BCUT2D eigenvalue weighted by molar-refractivity contribution is -0.384. The zero-order valence-corrected chi connectivity index (χ0v) is 17.4. The van der Waals surface area contributed by atoms with Crippen LogP contribution in [0.3, 0.4) is 0 Å². The van der Waals surface area contributed by atoms with E-state index in [4.69, 9.17) is 5.73 Å². The molecule has 11 heteroatoms. The molecule has 1 heterocycles. The van der Waals surface area contributed by atoms with E-state index in [1.807, 2.05) is 4.57 Å². The minimum Gasteiger partial charge on any atom is -0.370 e. The van der Waals surface area contributed by atoms with Crippen LogP contribution in [-0.4, -0.2) is 37.3 Å². The monoisotopic (exact) mass is 420 g/mol. The molecular formula is C18H24N6O4S. The first-order valence-corrected chi connectivity index (χ1v) is 10.0. The van der Waals surface area contributed by atoms with Crippen molar-refractivity contribution < 1.29 is 14.5 Å². The number of hydrogen-bond acceptors (Lipinski definition) is 7. The Bertz CT molecular complexity index is 912. The van der Waals surface area contributed by atoms with Gasteiger partial charge in [-0.25, -0.2) is 0 Å². The van der Waals surface area contributed by atoms with Gasteiger partial charge in [0.1, 0.15) is 5.82 Å². The lowest BCUT2D eigenvalue weighted by atomic mass is 10.2. The molecule has 2 aromatic rings. The number of nitro groups is 1. The highest BCUT2D eigenvalue weighted by Crippen LogP contribution is 2.23. The maximum Gasteiger partial charge on any atom is 0.269 e. The van der Waals surface area contributed by atoms with Gasteiger partial charge in [-0.3, -0.25) is 19.7 Å². The summed E-state index contributed by atoms with van der Waals surface area (Å²) in [5.41, 5.74) is 6.31. The maximum atomic E-state index is 12.3. The van der Waals surface area contributed by atoms with Gasteiger partial charge in [-0.15, -0.1) is 10.2 Å². The van der Waals surface area contributed by atoms with Gasteiger partial charge < -0.3 is 15.6 Å². The van der Waals surface area contributed by atoms with Gasteiger partial charge in [-0.05, 0) is 24.5 Å². The second kappa shape index (κ2) is 10.0. The van der Waals surface area contributed by atoms with Crippen molar-refractivity contribution in [2.24, 2.45) is 11.7 Å². The summed E-state index contributed by atoms with van der Waals surface area (Å²) in [6.07, 6.45) is 0.574. The van der Waals surface area contributed by atoms with Gasteiger partial charge in [0.25, 0.3) is 5.69 Å². The van der Waals surface area contributed by atoms with E-state index in [2.05, 4.69) is 29.4 Å². The van der Waals surface area contributed by atoms with Crippen LogP contribution in [0.1, 0.15) is 31.7 Å². The molecule has 0 atom stereocenters. The van der Waals surface area contributed by atoms with Crippen LogP contribution in [-0.2, 0) is 22.6 Å². The molecule has 0 spiro atoms. The van der Waals surface area contributed by atoms with Gasteiger partial charge in [0, 0.05) is 37.2 Å². The first kappa shape index (κ1) is 22.3. The summed E-state index contributed by atoms with van der Waals surface area (Å²) in [5.74, 6) is 0.421. The van der Waals surface area contributed by atoms with Crippen molar-refractivity contribution in [2.45, 2.75) is 45.3 Å². The quantitative estimate of drug-likeness (QED) is 0.340. The summed E-state index contributed by atoms with van der Waals surface area (Å²) < 4.78 is 1.91. The highest BCUT2D eigenvalue weighted by atomic mass is 32.2. The largest absolute Gasteiger partial charge is 0.370 e. The first-order valence-electron chi connectivity index (χ1n) is 9.05. The number of thioether (sulfide) groups is 1. The number of carbonyl (C=O) groups excluding carboxylic acids is 2. The van der Waals surface area contributed by atoms with Crippen LogP contribution in [0.4, 0.5) is 11.4 Å². The molecule has 156 valence electrons. The maximum absolute atomic E-state index is 12.3. The average Bonchev–Trinajstić information content (AvgIpc) is 3.00. The van der Waals surface area contributed by atoms with E-state index >= 15 is 0 Å². The van der Waals surface area contributed by atoms with E-state index in [0.29, 0.717) is 41.1 Å². The number of non-ortho nitro benzene ring substituents is 1. The van der Waals surface area contributed by atoms with Crippen LogP contribution in [0, 0.1) is 23.0 Å². The molecule has 3 N–H and O–H groups in total. The predicted molar refractivity (Wildman–Crippen MR) is 110 cm³/mol. The van der Waals surface area contributed by atoms with E-state index in [1.54, 1.807) is 6.92 Å². The summed E-state index contributed by atoms with van der Waals surface area (Å²) in [6, 6.07) is 4.27. The summed E-state index contributed by atoms with van der Waals surface area (Å²) >= 11 is 1.24. The summed E-state index contributed by atoms with van der Waals surface area (Å²) in [4.78, 5) is 33.7. The zero-order valence-electron chi connectivity index (χ0n) is 16.5. The Morgan fingerprint density at radius 1 is 1.34 bits per heavy atom. The van der Waals surface area contributed by atoms with Crippen molar-refractivity contribution in [1.29, 1.82) is 0 Å². The Kier molecular flexibility index (Phi) is 7.71. The van der Waals surface area contributed by atoms with Gasteiger partial charge in [0.2, 0.25) is 11.8 Å². The fourth-order valence-electron chi connectivity index (χ4n) is 2.61. The molecule has 1 aromatic heterocycles. The van der Waals surface area contributed by atoms with Crippen LogP contribution in [0.5, 0.6) is 0 Å². The molecule has 0 radical (unpaired) electrons. The van der Waals surface area contributed by atoms with Gasteiger partial charge in [0.15, 0.2) is 5.16 Å². The summed E-state index contributed by atoms with van der Waals surface area (Å²) in [6.45, 7) is 6.46. The highest BCUT2D eigenvalue weighted by molar-refractivity contribution is 7.99. The van der Waals surface area contributed by atoms with Crippen molar-refractivity contribution in [1.82, 2.24) is 14.8 Å². The minimum absolute atomic E-state index is 0.0276. The number of anilines is 1. The lowest BCUT2D eigenvalue weighted by Crippen LogP contribution is -2.17. The third-order valence-corrected chi connectivity index (χ3v) is 4.93. The summed E-state index contributed by atoms with van der Waals surface area (Å²) in [5, 5.41) is 22.4. The molecule has 0 aliphatic heterocycles. The fourth-order valence-corrected chi connectivity index (χ4v) is 3.38. The normalized spacial score (nSPS) is 10.9. The number of carbonyl (C=O) groups is 2. The number of nitrogens with one attached hydrogen (secondary N) is 1. The highest BCUT2D eigenvalue weighted by Gasteiger charge is 2.16. The molecule has 0 fully saturated rings. The minimum atomic E-state index is -0.480. The summed E-state index contributed by atoms with van der Waals surface area (Å²) in [7, 11) is 0. The molecule has 0 aliphatic rings. The van der Waals surface area contributed by atoms with Gasteiger partial charge in [-0.1, -0.05) is 25.6 Å². The Morgan fingerprint density at radius 2 is 2.07 bits per heavy atom. The molecule has 2 rings (SSSR count). The Hall–Kier alpha value is -2.95. The van der Waals surface area contributed by atoms with Gasteiger partial charge in [-0.2, -0.15) is 0 Å². The van der Waals surface area contributed by atoms with Gasteiger partial charge >= 0.3 is 0 Å². The Labute approximate surface area is 172 Å². The second-order valence-electron chi connectivity index (χ2n) is 6.96. The number of aromatic nitrogens is 3. The molecule has 0 saturated heterocycles. The second-order valence-corrected chi connectivity index (χ2v) is 7.91. The third-order valence-electron chi connectivity index (χ3n) is 3.96. The van der Waals surface area contributed by atoms with Crippen LogP contribution >= 0.6 is 11.8 Å². The van der Waals surface area contributed by atoms with E-state index in [1.165, 1.54) is 30.0 Å². The van der Waals surface area contributed by atoms with Crippen LogP contribution < -0.4 is 11.1 Å². The van der Waals surface area contributed by atoms with E-state index in [-0.39, 0.29) is 23.8 Å². The Morgan fingerprint density at radius 3 is 2.66 bits per heavy atom. The topological polar surface area (TPSA) is 146 Å². The molecule has 0 unspecified atom stereocenters. The van der Waals surface area contributed by atoms with E-state index in [9.17, 15) is 19.7 Å². The molecule has 29 heavy (non-hydrogen) atoms. The average molecular weight is 420 g/mol. The van der Waals surface area contributed by atoms with Crippen molar-refractivity contribution in [3.8, 4) is 0 Å². The van der Waals surface area contributed by atoms with Gasteiger partial charge in [0.05, 0.1) is 10.7 Å². The van der Waals surface area contributed by atoms with Crippen molar-refractivity contribution >= 4 is 35.0 Å². The molecule has 0 saturated carbocycles. The molecule has 1 aromatic carbocycles. The number of nitrogens with two attached hydrogens (primary N) is 1. The number of rotatable bonds is 10. The number of benzene rings is 1. The SMILES string of the molecule is Cc1cc([N+](=O)[O-])ccc1NC(=O)CSc1nnc(CCC(N)=O)n1CC(C)C. The number of hydrogen-bond donors (Lipinski definition) is 2. The predicted octanol–water partition coefficient (Wildman–Crippen LogP) is 2.30. The zero-order chi connectivity index (χ0) is 21.6. The smallest absolute Gasteiger partial charge is 0.269 e. The number of nitro benzene ring substituents is 1. The number of aryl methyl sites for hydroxylation is 2. The van der Waals surface area contributed by atoms with Crippen LogP contribution in [0.25, 0.3) is 0 Å². The fraction of sp³-hybridized carbons (Fsp3) is 0.444. The van der Waals surface area contributed by atoms with E-state index < -0.39 is 10.8 Å². The molecule has 10 nitrogen and oxygen atoms in total. The number of primary amides is 1. The van der Waals surface area contributed by atoms with E-state index in [0.717, 1.165) is 0 Å². The van der Waals surface area contributed by atoms with Crippen LogP contribution in [0.2, 0.25) is 0 Å². The molecule has 2 amide bonds. The lowest BCUT2D eigenvalue weighted by Gasteiger charge is -2.12. The number of nitrogens with zero attached hydrogens (tertiary/aromatic N) is 4.